The van der Waals surface area contributed by atoms with Gasteiger partial charge in [-0.2, -0.15) is 0 Å². The number of carbonyl (C=O) groups excluding carboxylic acids is 1. The van der Waals surface area contributed by atoms with Crippen molar-refractivity contribution in [2.24, 2.45) is 11.8 Å². The number of nitrogens with zero attached hydrogens (tertiary/aromatic N) is 1. The van der Waals surface area contributed by atoms with Gasteiger partial charge in [0.2, 0.25) is 5.91 Å². The van der Waals surface area contributed by atoms with Crippen LogP contribution >= 0.6 is 11.6 Å². The molecule has 3 aromatic rings. The molecule has 2 aliphatic rings. The van der Waals surface area contributed by atoms with Crippen molar-refractivity contribution in [3.63, 3.8) is 0 Å². The summed E-state index contributed by atoms with van der Waals surface area (Å²) in [6, 6.07) is 22.7. The molecule has 3 atom stereocenters. The molecular formula is C26H22ClNO3. The third kappa shape index (κ3) is 3.05. The highest BCUT2D eigenvalue weighted by molar-refractivity contribution is 6.30. The summed E-state index contributed by atoms with van der Waals surface area (Å²) in [7, 11) is 0. The number of rotatable bonds is 5. The molecule has 1 spiro atoms. The average Bonchev–Trinajstić information content (AvgIpc) is 3.27. The van der Waals surface area contributed by atoms with E-state index in [2.05, 4.69) is 13.0 Å². The highest BCUT2D eigenvalue weighted by Crippen LogP contribution is 2.66. The van der Waals surface area contributed by atoms with Crippen LogP contribution in [0.5, 0.6) is 0 Å². The number of aromatic carboxylic acids is 1. The Hall–Kier alpha value is -3.11. The molecule has 4 nitrogen and oxygen atoms in total. The lowest BCUT2D eigenvalue weighted by molar-refractivity contribution is -0.121. The molecule has 1 aliphatic heterocycles. The molecule has 1 unspecified atom stereocenters. The van der Waals surface area contributed by atoms with E-state index in [0.29, 0.717) is 11.6 Å². The van der Waals surface area contributed by atoms with Crippen LogP contribution in [0.15, 0.2) is 72.8 Å². The molecule has 1 saturated carbocycles. The number of amides is 1. The van der Waals surface area contributed by atoms with E-state index in [-0.39, 0.29) is 23.3 Å². The SMILES string of the molecule is C[C@H]1C(Cc2ccc(Cl)cc2)[C@]12C(=O)N(Cc1cccc(C(=O)O)c1)c1ccccc12. The van der Waals surface area contributed by atoms with Crippen molar-refractivity contribution in [3.05, 3.63) is 100 Å². The Kier molecular flexibility index (Phi) is 4.63. The summed E-state index contributed by atoms with van der Waals surface area (Å²) in [6.45, 7) is 2.52. The van der Waals surface area contributed by atoms with E-state index >= 15 is 0 Å². The largest absolute Gasteiger partial charge is 0.478 e. The first-order valence-corrected chi connectivity index (χ1v) is 10.8. The number of para-hydroxylation sites is 1. The van der Waals surface area contributed by atoms with E-state index in [1.807, 2.05) is 53.4 Å². The number of anilines is 1. The van der Waals surface area contributed by atoms with Gasteiger partial charge in [0.25, 0.3) is 0 Å². The maximum absolute atomic E-state index is 13.8. The second-order valence-corrected chi connectivity index (χ2v) is 8.95. The fraction of sp³-hybridized carbons (Fsp3) is 0.231. The van der Waals surface area contributed by atoms with Crippen LogP contribution in [0, 0.1) is 11.8 Å². The molecule has 31 heavy (non-hydrogen) atoms. The fourth-order valence-electron chi connectivity index (χ4n) is 5.31. The minimum atomic E-state index is -0.967. The first-order chi connectivity index (χ1) is 14.9. The Bertz CT molecular complexity index is 1190. The molecule has 0 aromatic heterocycles. The van der Waals surface area contributed by atoms with Gasteiger partial charge in [-0.25, -0.2) is 4.79 Å². The van der Waals surface area contributed by atoms with Crippen molar-refractivity contribution in [1.29, 1.82) is 0 Å². The van der Waals surface area contributed by atoms with E-state index in [1.165, 1.54) is 5.56 Å². The van der Waals surface area contributed by atoms with Crippen LogP contribution < -0.4 is 4.90 Å². The molecule has 1 heterocycles. The zero-order valence-electron chi connectivity index (χ0n) is 17.1. The lowest BCUT2D eigenvalue weighted by atomic mass is 9.91. The van der Waals surface area contributed by atoms with E-state index in [0.717, 1.165) is 23.2 Å². The Labute approximate surface area is 186 Å². The van der Waals surface area contributed by atoms with Gasteiger partial charge in [0, 0.05) is 10.7 Å². The molecule has 1 fully saturated rings. The number of carboxylic acid groups (broad SMARTS) is 1. The third-order valence-corrected chi connectivity index (χ3v) is 7.17. The second kappa shape index (κ2) is 7.24. The fourth-order valence-corrected chi connectivity index (χ4v) is 5.44. The van der Waals surface area contributed by atoms with Crippen LogP contribution in [0.2, 0.25) is 5.02 Å². The van der Waals surface area contributed by atoms with Crippen molar-refractivity contribution >= 4 is 29.2 Å². The number of halogens is 1. The summed E-state index contributed by atoms with van der Waals surface area (Å²) in [4.78, 5) is 27.0. The lowest BCUT2D eigenvalue weighted by Gasteiger charge is -2.19. The summed E-state index contributed by atoms with van der Waals surface area (Å²) < 4.78 is 0. The number of carboxylic acids is 1. The molecule has 0 saturated heterocycles. The van der Waals surface area contributed by atoms with Gasteiger partial charge in [-0.15, -0.1) is 0 Å². The highest BCUT2D eigenvalue weighted by atomic mass is 35.5. The van der Waals surface area contributed by atoms with Crippen LogP contribution in [0.3, 0.4) is 0 Å². The van der Waals surface area contributed by atoms with Crippen LogP contribution in [0.4, 0.5) is 5.69 Å². The Morgan fingerprint density at radius 2 is 1.77 bits per heavy atom. The smallest absolute Gasteiger partial charge is 0.335 e. The standard InChI is InChI=1S/C26H22ClNO3/c1-16-22(14-17-9-11-20(27)12-10-17)26(16)21-7-2-3-8-23(21)28(25(26)31)15-18-5-4-6-19(13-18)24(29)30/h2-13,16,22H,14-15H2,1H3,(H,29,30)/t16-,22?,26-/m0/s1. The topological polar surface area (TPSA) is 57.6 Å². The monoisotopic (exact) mass is 431 g/mol. The van der Waals surface area contributed by atoms with Crippen molar-refractivity contribution in [2.75, 3.05) is 4.90 Å². The minimum Gasteiger partial charge on any atom is -0.478 e. The number of hydrogen-bond donors (Lipinski definition) is 1. The molecule has 3 aromatic carbocycles. The van der Waals surface area contributed by atoms with Gasteiger partial charge in [0.15, 0.2) is 0 Å². The van der Waals surface area contributed by atoms with E-state index in [1.54, 1.807) is 18.2 Å². The second-order valence-electron chi connectivity index (χ2n) is 8.51. The van der Waals surface area contributed by atoms with Gasteiger partial charge in [-0.1, -0.05) is 61.0 Å². The molecule has 156 valence electrons. The maximum atomic E-state index is 13.8. The Morgan fingerprint density at radius 1 is 1.03 bits per heavy atom. The van der Waals surface area contributed by atoms with Crippen molar-refractivity contribution in [2.45, 2.75) is 25.3 Å². The van der Waals surface area contributed by atoms with Crippen molar-refractivity contribution in [1.82, 2.24) is 0 Å². The number of hydrogen-bond acceptors (Lipinski definition) is 2. The van der Waals surface area contributed by atoms with Gasteiger partial charge >= 0.3 is 5.97 Å². The van der Waals surface area contributed by atoms with E-state index < -0.39 is 11.4 Å². The van der Waals surface area contributed by atoms with Crippen LogP contribution in [-0.2, 0) is 23.2 Å². The van der Waals surface area contributed by atoms with Crippen LogP contribution in [-0.4, -0.2) is 17.0 Å². The van der Waals surface area contributed by atoms with Crippen LogP contribution in [0.25, 0.3) is 0 Å². The van der Waals surface area contributed by atoms with Crippen molar-refractivity contribution in [3.8, 4) is 0 Å². The van der Waals surface area contributed by atoms with Gasteiger partial charge in [-0.05, 0) is 65.3 Å². The normalized spacial score (nSPS) is 23.8. The van der Waals surface area contributed by atoms with E-state index in [9.17, 15) is 14.7 Å². The van der Waals surface area contributed by atoms with Gasteiger partial charge in [0.05, 0.1) is 17.5 Å². The molecule has 0 bridgehead atoms. The molecular weight excluding hydrogens is 410 g/mol. The summed E-state index contributed by atoms with van der Waals surface area (Å²) in [5, 5.41) is 10.0. The molecule has 1 amide bonds. The molecule has 1 N–H and O–H groups in total. The number of fused-ring (bicyclic) bond motifs is 2. The lowest BCUT2D eigenvalue weighted by Crippen LogP contribution is -2.33. The minimum absolute atomic E-state index is 0.112. The number of benzene rings is 3. The van der Waals surface area contributed by atoms with Gasteiger partial charge < -0.3 is 10.0 Å². The molecule has 5 rings (SSSR count). The average molecular weight is 432 g/mol. The summed E-state index contributed by atoms with van der Waals surface area (Å²) in [6.07, 6.45) is 0.820. The summed E-state index contributed by atoms with van der Waals surface area (Å²) >= 11 is 6.03. The maximum Gasteiger partial charge on any atom is 0.335 e. The van der Waals surface area contributed by atoms with Crippen LogP contribution in [0.1, 0.15) is 34.0 Å². The number of carbonyl (C=O) groups is 2. The summed E-state index contributed by atoms with van der Waals surface area (Å²) in [5.41, 5.74) is 3.71. The predicted octanol–water partition coefficient (Wildman–Crippen LogP) is 5.33. The Balaban J connectivity index is 1.48. The molecule has 0 radical (unpaired) electrons. The van der Waals surface area contributed by atoms with Gasteiger partial charge in [0.1, 0.15) is 0 Å². The third-order valence-electron chi connectivity index (χ3n) is 6.92. The zero-order valence-corrected chi connectivity index (χ0v) is 17.8. The zero-order chi connectivity index (χ0) is 21.8. The highest BCUT2D eigenvalue weighted by Gasteiger charge is 2.71. The summed E-state index contributed by atoms with van der Waals surface area (Å²) in [5.74, 6) is -0.406. The van der Waals surface area contributed by atoms with E-state index in [4.69, 9.17) is 11.6 Å². The van der Waals surface area contributed by atoms with Crippen molar-refractivity contribution < 1.29 is 14.7 Å². The van der Waals surface area contributed by atoms with Gasteiger partial charge in [-0.3, -0.25) is 4.79 Å². The predicted molar refractivity (Wildman–Crippen MR) is 121 cm³/mol. The first-order valence-electron chi connectivity index (χ1n) is 10.4. The molecule has 5 heteroatoms. The Morgan fingerprint density at radius 3 is 2.52 bits per heavy atom. The quantitative estimate of drug-likeness (QED) is 0.593. The first kappa shape index (κ1) is 19.8. The molecule has 1 aliphatic carbocycles.